The van der Waals surface area contributed by atoms with E-state index in [0.717, 1.165) is 29.7 Å². The summed E-state index contributed by atoms with van der Waals surface area (Å²) in [5, 5.41) is 13.5. The molecule has 0 aliphatic heterocycles. The van der Waals surface area contributed by atoms with Crippen molar-refractivity contribution in [3.05, 3.63) is 54.1 Å². The van der Waals surface area contributed by atoms with Crippen LogP contribution in [0.5, 0.6) is 5.75 Å². The molecule has 3 rings (SSSR count). The van der Waals surface area contributed by atoms with Crippen LogP contribution in [0.1, 0.15) is 37.7 Å². The number of phenolic OH excluding ortho intramolecular Hbond substituents is 1. The summed E-state index contributed by atoms with van der Waals surface area (Å²) in [5.74, 6) is 0.329. The van der Waals surface area contributed by atoms with Crippen molar-refractivity contribution in [1.29, 1.82) is 0 Å². The smallest absolute Gasteiger partial charge is 0.120 e. The molecule has 0 saturated heterocycles. The summed E-state index contributed by atoms with van der Waals surface area (Å²) in [4.78, 5) is 8.09. The molecular weight excluding hydrogens is 286 g/mol. The van der Waals surface area contributed by atoms with Gasteiger partial charge in [0.05, 0.1) is 0 Å². The van der Waals surface area contributed by atoms with Gasteiger partial charge in [0.2, 0.25) is 0 Å². The van der Waals surface area contributed by atoms with Crippen molar-refractivity contribution in [3.8, 4) is 16.9 Å². The van der Waals surface area contributed by atoms with Gasteiger partial charge in [-0.05, 0) is 56.3 Å². The Morgan fingerprint density at radius 3 is 2.74 bits per heavy atom. The lowest BCUT2D eigenvalue weighted by molar-refractivity contribution is 0.464. The zero-order valence-electron chi connectivity index (χ0n) is 13.3. The third-order valence-corrected chi connectivity index (χ3v) is 4.30. The number of phenols is 1. The fourth-order valence-electron chi connectivity index (χ4n) is 2.96. The lowest BCUT2D eigenvalue weighted by atomic mass is 9.97. The van der Waals surface area contributed by atoms with Crippen LogP contribution in [0.15, 0.2) is 48.6 Å². The quantitative estimate of drug-likeness (QED) is 0.629. The molecule has 4 nitrogen and oxygen atoms in total. The first-order valence-corrected chi connectivity index (χ1v) is 8.29. The van der Waals surface area contributed by atoms with E-state index in [2.05, 4.69) is 21.4 Å². The Balaban J connectivity index is 1.58. The Morgan fingerprint density at radius 2 is 1.96 bits per heavy atom. The van der Waals surface area contributed by atoms with E-state index in [9.17, 15) is 5.11 Å². The number of nitrogens with one attached hydrogen (secondary N) is 1. The standard InChI is InChI=1S/C19H23N3O/c23-19-7-6-16(18-12-21-14-22-13-18)10-17(19)11-20-9-8-15-4-2-1-3-5-15/h4,6-7,10,12-14,20,23H,1-3,5,8-9,11H2. The van der Waals surface area contributed by atoms with Crippen LogP contribution in [0.2, 0.25) is 0 Å². The largest absolute Gasteiger partial charge is 0.508 e. The molecule has 0 radical (unpaired) electrons. The van der Waals surface area contributed by atoms with Crippen molar-refractivity contribution in [2.45, 2.75) is 38.6 Å². The molecule has 0 spiro atoms. The number of allylic oxidation sites excluding steroid dienone is 1. The van der Waals surface area contributed by atoms with Gasteiger partial charge in [-0.15, -0.1) is 0 Å². The number of hydrogen-bond donors (Lipinski definition) is 2. The molecule has 0 amide bonds. The maximum atomic E-state index is 10.0. The number of aromatic nitrogens is 2. The Hall–Kier alpha value is -2.20. The second kappa shape index (κ2) is 7.88. The van der Waals surface area contributed by atoms with Gasteiger partial charge in [-0.3, -0.25) is 0 Å². The number of nitrogens with zero attached hydrogens (tertiary/aromatic N) is 2. The summed E-state index contributed by atoms with van der Waals surface area (Å²) in [5.41, 5.74) is 4.46. The fraction of sp³-hybridized carbons (Fsp3) is 0.368. The molecule has 2 N–H and O–H groups in total. The van der Waals surface area contributed by atoms with Crippen LogP contribution in [0.3, 0.4) is 0 Å². The molecule has 1 aliphatic carbocycles. The molecule has 120 valence electrons. The van der Waals surface area contributed by atoms with Crippen molar-refractivity contribution < 1.29 is 5.11 Å². The van der Waals surface area contributed by atoms with Crippen LogP contribution in [-0.2, 0) is 6.54 Å². The highest BCUT2D eigenvalue weighted by Crippen LogP contribution is 2.25. The summed E-state index contributed by atoms with van der Waals surface area (Å²) in [6.07, 6.45) is 13.7. The number of aromatic hydroxyl groups is 1. The van der Waals surface area contributed by atoms with Gasteiger partial charge in [0.25, 0.3) is 0 Å². The highest BCUT2D eigenvalue weighted by Gasteiger charge is 2.06. The van der Waals surface area contributed by atoms with E-state index >= 15 is 0 Å². The van der Waals surface area contributed by atoms with E-state index in [1.54, 1.807) is 24.0 Å². The van der Waals surface area contributed by atoms with Crippen molar-refractivity contribution in [1.82, 2.24) is 15.3 Å². The molecule has 0 fully saturated rings. The molecule has 4 heteroatoms. The minimum atomic E-state index is 0.329. The van der Waals surface area contributed by atoms with Crippen LogP contribution in [0, 0.1) is 0 Å². The van der Waals surface area contributed by atoms with Crippen molar-refractivity contribution in [3.63, 3.8) is 0 Å². The molecule has 1 aliphatic rings. The molecule has 0 atom stereocenters. The predicted molar refractivity (Wildman–Crippen MR) is 92.0 cm³/mol. The van der Waals surface area contributed by atoms with E-state index in [4.69, 9.17) is 0 Å². The van der Waals surface area contributed by atoms with Crippen molar-refractivity contribution in [2.75, 3.05) is 6.54 Å². The number of hydrogen-bond acceptors (Lipinski definition) is 4. The van der Waals surface area contributed by atoms with Gasteiger partial charge >= 0.3 is 0 Å². The van der Waals surface area contributed by atoms with Gasteiger partial charge in [0.1, 0.15) is 12.1 Å². The molecule has 0 unspecified atom stereocenters. The molecule has 2 aromatic rings. The molecule has 23 heavy (non-hydrogen) atoms. The Kier molecular flexibility index (Phi) is 5.37. The number of benzene rings is 1. The molecule has 0 saturated carbocycles. The first-order valence-electron chi connectivity index (χ1n) is 8.29. The SMILES string of the molecule is Oc1ccc(-c2cncnc2)cc1CNCCC1=CCCCC1. The maximum Gasteiger partial charge on any atom is 0.120 e. The lowest BCUT2D eigenvalue weighted by Crippen LogP contribution is -2.15. The molecule has 1 heterocycles. The summed E-state index contributed by atoms with van der Waals surface area (Å²) in [6.45, 7) is 1.62. The van der Waals surface area contributed by atoms with Crippen molar-refractivity contribution >= 4 is 0 Å². The first kappa shape index (κ1) is 15.7. The van der Waals surface area contributed by atoms with Crippen LogP contribution < -0.4 is 5.32 Å². The third kappa shape index (κ3) is 4.39. The Labute approximate surface area is 137 Å². The number of rotatable bonds is 6. The average molecular weight is 309 g/mol. The first-order chi connectivity index (χ1) is 11.3. The normalized spacial score (nSPS) is 14.5. The second-order valence-electron chi connectivity index (χ2n) is 6.01. The van der Waals surface area contributed by atoms with Gasteiger partial charge in [0, 0.05) is 30.1 Å². The van der Waals surface area contributed by atoms with Gasteiger partial charge in [-0.2, -0.15) is 0 Å². The Morgan fingerprint density at radius 1 is 1.09 bits per heavy atom. The fourth-order valence-corrected chi connectivity index (χ4v) is 2.96. The van der Waals surface area contributed by atoms with E-state index < -0.39 is 0 Å². The monoisotopic (exact) mass is 309 g/mol. The predicted octanol–water partition coefficient (Wildman–Crippen LogP) is 3.83. The zero-order valence-corrected chi connectivity index (χ0v) is 13.3. The van der Waals surface area contributed by atoms with Gasteiger partial charge in [0.15, 0.2) is 0 Å². The van der Waals surface area contributed by atoms with E-state index in [0.29, 0.717) is 12.3 Å². The minimum absolute atomic E-state index is 0.329. The highest BCUT2D eigenvalue weighted by atomic mass is 16.3. The second-order valence-corrected chi connectivity index (χ2v) is 6.01. The van der Waals surface area contributed by atoms with Crippen LogP contribution in [-0.4, -0.2) is 21.6 Å². The molecule has 0 bridgehead atoms. The van der Waals surface area contributed by atoms with Gasteiger partial charge in [-0.25, -0.2) is 9.97 Å². The van der Waals surface area contributed by atoms with Crippen LogP contribution in [0.4, 0.5) is 0 Å². The van der Waals surface area contributed by atoms with E-state index in [-0.39, 0.29) is 0 Å². The van der Waals surface area contributed by atoms with E-state index in [1.807, 2.05) is 12.1 Å². The lowest BCUT2D eigenvalue weighted by Gasteiger charge is -2.13. The van der Waals surface area contributed by atoms with Crippen LogP contribution >= 0.6 is 0 Å². The zero-order chi connectivity index (χ0) is 15.9. The summed E-state index contributed by atoms with van der Waals surface area (Å²) >= 11 is 0. The summed E-state index contributed by atoms with van der Waals surface area (Å²) in [6, 6.07) is 5.63. The molecular formula is C19H23N3O. The van der Waals surface area contributed by atoms with E-state index in [1.165, 1.54) is 32.0 Å². The topological polar surface area (TPSA) is 58.0 Å². The van der Waals surface area contributed by atoms with Crippen molar-refractivity contribution in [2.24, 2.45) is 0 Å². The van der Waals surface area contributed by atoms with Gasteiger partial charge in [-0.1, -0.05) is 17.7 Å². The molecule has 1 aromatic heterocycles. The summed E-state index contributed by atoms with van der Waals surface area (Å²) in [7, 11) is 0. The van der Waals surface area contributed by atoms with Gasteiger partial charge < -0.3 is 10.4 Å². The Bertz CT molecular complexity index is 668. The van der Waals surface area contributed by atoms with Crippen LogP contribution in [0.25, 0.3) is 11.1 Å². The summed E-state index contributed by atoms with van der Waals surface area (Å²) < 4.78 is 0. The third-order valence-electron chi connectivity index (χ3n) is 4.30. The highest BCUT2D eigenvalue weighted by molar-refractivity contribution is 5.63. The average Bonchev–Trinajstić information content (AvgIpc) is 2.62. The maximum absolute atomic E-state index is 10.0. The minimum Gasteiger partial charge on any atom is -0.508 e. The molecule has 1 aromatic carbocycles.